The van der Waals surface area contributed by atoms with Crippen LogP contribution < -0.4 is 5.32 Å². The molecule has 0 radical (unpaired) electrons. The van der Waals surface area contributed by atoms with Crippen molar-refractivity contribution in [2.75, 3.05) is 13.2 Å². The molecule has 27 heavy (non-hydrogen) atoms. The number of carbonyl (C=O) groups is 1. The molecule has 5 heteroatoms. The maximum Gasteiger partial charge on any atom is 0.253 e. The number of carbonyl (C=O) groups excluding carboxylic acids is 1. The van der Waals surface area contributed by atoms with Crippen molar-refractivity contribution in [2.24, 2.45) is 11.8 Å². The lowest BCUT2D eigenvalue weighted by Crippen LogP contribution is -2.31. The summed E-state index contributed by atoms with van der Waals surface area (Å²) in [6, 6.07) is 5.84. The molecular weight excluding hydrogens is 360 g/mol. The molecule has 0 bridgehead atoms. The van der Waals surface area contributed by atoms with E-state index in [1.165, 1.54) is 25.7 Å². The molecule has 1 aromatic heterocycles. The van der Waals surface area contributed by atoms with E-state index in [1.807, 2.05) is 24.4 Å². The van der Waals surface area contributed by atoms with Gasteiger partial charge in [0.05, 0.1) is 22.2 Å². The molecule has 0 spiro atoms. The molecule has 1 aliphatic carbocycles. The summed E-state index contributed by atoms with van der Waals surface area (Å²) < 4.78 is 7.92. The van der Waals surface area contributed by atoms with Gasteiger partial charge in [0.1, 0.15) is 0 Å². The molecule has 2 aliphatic rings. The molecule has 146 valence electrons. The van der Waals surface area contributed by atoms with E-state index < -0.39 is 0 Å². The fourth-order valence-corrected chi connectivity index (χ4v) is 4.99. The van der Waals surface area contributed by atoms with Gasteiger partial charge >= 0.3 is 0 Å². The third kappa shape index (κ3) is 4.17. The first-order chi connectivity index (χ1) is 13.1. The number of benzene rings is 1. The quantitative estimate of drug-likeness (QED) is 0.780. The Labute approximate surface area is 166 Å². The first-order valence-electron chi connectivity index (χ1n) is 10.3. The van der Waals surface area contributed by atoms with Gasteiger partial charge in [-0.1, -0.05) is 37.4 Å². The molecular formula is C22H29ClN2O2. The number of hydrogen-bond donors (Lipinski definition) is 1. The Hall–Kier alpha value is -1.52. The minimum atomic E-state index is -0.0163. The lowest BCUT2D eigenvalue weighted by atomic mass is 9.82. The normalized spacial score (nSPS) is 25.8. The first-order valence-corrected chi connectivity index (χ1v) is 10.7. The predicted molar refractivity (Wildman–Crippen MR) is 109 cm³/mol. The second-order valence-corrected chi connectivity index (χ2v) is 8.72. The van der Waals surface area contributed by atoms with E-state index in [2.05, 4.69) is 16.8 Å². The van der Waals surface area contributed by atoms with E-state index in [0.717, 1.165) is 49.4 Å². The van der Waals surface area contributed by atoms with Gasteiger partial charge in [-0.3, -0.25) is 4.79 Å². The summed E-state index contributed by atoms with van der Waals surface area (Å²) >= 11 is 6.48. The summed E-state index contributed by atoms with van der Waals surface area (Å²) in [5.41, 5.74) is 1.69. The number of hydrogen-bond acceptors (Lipinski definition) is 2. The van der Waals surface area contributed by atoms with Crippen LogP contribution in [0, 0.1) is 11.8 Å². The Morgan fingerprint density at radius 3 is 2.96 bits per heavy atom. The van der Waals surface area contributed by atoms with Crippen LogP contribution >= 0.6 is 11.6 Å². The van der Waals surface area contributed by atoms with E-state index in [9.17, 15) is 4.79 Å². The summed E-state index contributed by atoms with van der Waals surface area (Å²) in [5.74, 6) is 1.34. The Balaban J connectivity index is 1.53. The van der Waals surface area contributed by atoms with Crippen molar-refractivity contribution < 1.29 is 9.53 Å². The number of halogens is 1. The van der Waals surface area contributed by atoms with E-state index >= 15 is 0 Å². The summed E-state index contributed by atoms with van der Waals surface area (Å²) in [4.78, 5) is 13.0. The highest BCUT2D eigenvalue weighted by atomic mass is 35.5. The maximum atomic E-state index is 13.0. The number of amides is 1. The van der Waals surface area contributed by atoms with Crippen LogP contribution in [-0.2, 0) is 11.3 Å². The third-order valence-electron chi connectivity index (χ3n) is 6.12. The van der Waals surface area contributed by atoms with E-state index in [1.54, 1.807) is 0 Å². The number of fused-ring (bicyclic) bond motifs is 1. The van der Waals surface area contributed by atoms with Gasteiger partial charge in [0, 0.05) is 31.3 Å². The van der Waals surface area contributed by atoms with Crippen molar-refractivity contribution in [1.82, 2.24) is 9.88 Å². The minimum Gasteiger partial charge on any atom is -0.376 e. The zero-order valence-corrected chi connectivity index (χ0v) is 16.8. The molecule has 3 unspecified atom stereocenters. The molecule has 1 N–H and O–H groups in total. The Morgan fingerprint density at radius 2 is 2.19 bits per heavy atom. The van der Waals surface area contributed by atoms with Gasteiger partial charge in [0.2, 0.25) is 0 Å². The van der Waals surface area contributed by atoms with Gasteiger partial charge < -0.3 is 14.6 Å². The molecule has 1 aliphatic heterocycles. The standard InChI is InChI=1S/C22H29ClN2O2/c1-15-5-2-6-16(11-15)12-24-22(26)18-14-25(13-17-7-4-10-27-17)20-9-3-8-19(23)21(18)20/h3,8-9,14-17H,2,4-7,10-13H2,1H3,(H,24,26). The van der Waals surface area contributed by atoms with Gasteiger partial charge in [-0.25, -0.2) is 0 Å². The molecule has 2 heterocycles. The zero-order valence-electron chi connectivity index (χ0n) is 16.0. The molecule has 1 amide bonds. The second-order valence-electron chi connectivity index (χ2n) is 8.31. The Morgan fingerprint density at radius 1 is 1.30 bits per heavy atom. The molecule has 1 aromatic carbocycles. The van der Waals surface area contributed by atoms with Crippen LogP contribution in [0.25, 0.3) is 10.9 Å². The van der Waals surface area contributed by atoms with Gasteiger partial charge in [-0.15, -0.1) is 0 Å². The molecule has 1 saturated heterocycles. The number of ether oxygens (including phenoxy) is 1. The van der Waals surface area contributed by atoms with Crippen LogP contribution in [0.2, 0.25) is 5.02 Å². The number of aromatic nitrogens is 1. The molecule has 1 saturated carbocycles. The van der Waals surface area contributed by atoms with Crippen molar-refractivity contribution in [3.8, 4) is 0 Å². The largest absolute Gasteiger partial charge is 0.376 e. The molecule has 2 fully saturated rings. The van der Waals surface area contributed by atoms with Crippen LogP contribution in [0.5, 0.6) is 0 Å². The Kier molecular flexibility index (Phi) is 5.74. The molecule has 4 rings (SSSR count). The van der Waals surface area contributed by atoms with Crippen molar-refractivity contribution in [3.63, 3.8) is 0 Å². The SMILES string of the molecule is CC1CCCC(CNC(=O)c2cn(CC3CCCO3)c3cccc(Cl)c23)C1. The summed E-state index contributed by atoms with van der Waals surface area (Å²) in [5, 5.41) is 4.66. The monoisotopic (exact) mass is 388 g/mol. The van der Waals surface area contributed by atoms with E-state index in [4.69, 9.17) is 16.3 Å². The van der Waals surface area contributed by atoms with Gasteiger partial charge in [0.15, 0.2) is 0 Å². The summed E-state index contributed by atoms with van der Waals surface area (Å²) in [6.07, 6.45) is 9.37. The fraction of sp³-hybridized carbons (Fsp3) is 0.591. The smallest absolute Gasteiger partial charge is 0.253 e. The number of nitrogens with one attached hydrogen (secondary N) is 1. The topological polar surface area (TPSA) is 43.3 Å². The zero-order chi connectivity index (χ0) is 18.8. The second kappa shape index (κ2) is 8.24. The average molecular weight is 389 g/mol. The number of nitrogens with zero attached hydrogens (tertiary/aromatic N) is 1. The minimum absolute atomic E-state index is 0.0163. The van der Waals surface area contributed by atoms with Crippen LogP contribution in [0.15, 0.2) is 24.4 Å². The highest BCUT2D eigenvalue weighted by molar-refractivity contribution is 6.36. The molecule has 4 nitrogen and oxygen atoms in total. The predicted octanol–water partition coefficient (Wildman–Crippen LogP) is 5.03. The third-order valence-corrected chi connectivity index (χ3v) is 6.44. The van der Waals surface area contributed by atoms with E-state index in [-0.39, 0.29) is 12.0 Å². The highest BCUT2D eigenvalue weighted by Crippen LogP contribution is 2.31. The van der Waals surface area contributed by atoms with Crippen molar-refractivity contribution in [3.05, 3.63) is 35.0 Å². The van der Waals surface area contributed by atoms with Gasteiger partial charge in [-0.05, 0) is 49.7 Å². The van der Waals surface area contributed by atoms with Crippen molar-refractivity contribution in [2.45, 2.75) is 58.1 Å². The average Bonchev–Trinajstić information content (AvgIpc) is 3.29. The maximum absolute atomic E-state index is 13.0. The van der Waals surface area contributed by atoms with Gasteiger partial charge in [-0.2, -0.15) is 0 Å². The van der Waals surface area contributed by atoms with Crippen molar-refractivity contribution >= 4 is 28.4 Å². The summed E-state index contributed by atoms with van der Waals surface area (Å²) in [7, 11) is 0. The lowest BCUT2D eigenvalue weighted by molar-refractivity contribution is 0.0935. The Bertz CT molecular complexity index is 810. The van der Waals surface area contributed by atoms with Crippen LogP contribution in [0.4, 0.5) is 0 Å². The number of rotatable bonds is 5. The van der Waals surface area contributed by atoms with Crippen LogP contribution in [0.3, 0.4) is 0 Å². The van der Waals surface area contributed by atoms with Gasteiger partial charge in [0.25, 0.3) is 5.91 Å². The fourth-order valence-electron chi connectivity index (χ4n) is 4.72. The molecule has 3 atom stereocenters. The van der Waals surface area contributed by atoms with E-state index in [0.29, 0.717) is 16.5 Å². The first kappa shape index (κ1) is 18.8. The highest BCUT2D eigenvalue weighted by Gasteiger charge is 2.23. The summed E-state index contributed by atoms with van der Waals surface area (Å²) in [6.45, 7) is 4.67. The van der Waals surface area contributed by atoms with Crippen LogP contribution in [0.1, 0.15) is 55.8 Å². The lowest BCUT2D eigenvalue weighted by Gasteiger charge is -2.26. The molecule has 2 aromatic rings. The van der Waals surface area contributed by atoms with Crippen LogP contribution in [-0.4, -0.2) is 29.7 Å². The van der Waals surface area contributed by atoms with Crippen molar-refractivity contribution in [1.29, 1.82) is 0 Å².